The summed E-state index contributed by atoms with van der Waals surface area (Å²) < 4.78 is 0. The number of nitrogens with zero attached hydrogens (tertiary/aromatic N) is 1. The number of hydrogen-bond donors (Lipinski definition) is 1. The van der Waals surface area contributed by atoms with E-state index in [0.717, 1.165) is 0 Å². The predicted molar refractivity (Wildman–Crippen MR) is 64.4 cm³/mol. The number of amides is 2. The van der Waals surface area contributed by atoms with Crippen LogP contribution in [0.5, 0.6) is 0 Å². The average Bonchev–Trinajstić information content (AvgIpc) is 2.69. The zero-order valence-corrected chi connectivity index (χ0v) is 9.79. The van der Waals surface area contributed by atoms with Crippen LogP contribution in [0.25, 0.3) is 0 Å². The molecule has 16 heavy (non-hydrogen) atoms. The molecule has 0 aromatic heterocycles. The number of rotatable bonds is 3. The van der Waals surface area contributed by atoms with Gasteiger partial charge in [0.05, 0.1) is 5.75 Å². The molecule has 1 heterocycles. The van der Waals surface area contributed by atoms with E-state index in [0.29, 0.717) is 22.9 Å². The molecule has 0 radical (unpaired) electrons. The lowest BCUT2D eigenvalue weighted by molar-refractivity contribution is -0.118. The first-order valence-electron chi connectivity index (χ1n) is 4.61. The van der Waals surface area contributed by atoms with Gasteiger partial charge in [0.25, 0.3) is 0 Å². The first kappa shape index (κ1) is 11.3. The van der Waals surface area contributed by atoms with E-state index >= 15 is 0 Å². The second-order valence-electron chi connectivity index (χ2n) is 3.22. The Kier molecular flexibility index (Phi) is 3.36. The summed E-state index contributed by atoms with van der Waals surface area (Å²) in [6, 6.07) is 6.88. The van der Waals surface area contributed by atoms with Crippen molar-refractivity contribution < 1.29 is 9.59 Å². The summed E-state index contributed by atoms with van der Waals surface area (Å²) in [7, 11) is 0. The maximum Gasteiger partial charge on any atom is 0.232 e. The Morgan fingerprint density at radius 1 is 1.44 bits per heavy atom. The van der Waals surface area contributed by atoms with Crippen molar-refractivity contribution in [3.8, 4) is 0 Å². The molecule has 0 saturated carbocycles. The lowest BCUT2D eigenvalue weighted by Crippen LogP contribution is -2.40. The Morgan fingerprint density at radius 2 is 2.12 bits per heavy atom. The van der Waals surface area contributed by atoms with Gasteiger partial charge in [-0.1, -0.05) is 11.6 Å². The van der Waals surface area contributed by atoms with E-state index in [1.807, 2.05) is 0 Å². The number of halogens is 1. The highest BCUT2D eigenvalue weighted by atomic mass is 35.5. The van der Waals surface area contributed by atoms with Crippen molar-refractivity contribution in [2.75, 3.05) is 10.7 Å². The summed E-state index contributed by atoms with van der Waals surface area (Å²) >= 11 is 7.14. The van der Waals surface area contributed by atoms with E-state index in [4.69, 9.17) is 11.6 Å². The molecule has 6 heteroatoms. The number of hydrogen-bond acceptors (Lipinski definition) is 3. The Morgan fingerprint density at radius 3 is 2.62 bits per heavy atom. The van der Waals surface area contributed by atoms with Gasteiger partial charge < -0.3 is 5.32 Å². The van der Waals surface area contributed by atoms with E-state index in [2.05, 4.69) is 5.32 Å². The highest BCUT2D eigenvalue weighted by molar-refractivity contribution is 8.01. The van der Waals surface area contributed by atoms with Gasteiger partial charge in [0.2, 0.25) is 12.3 Å². The Hall–Kier alpha value is -1.20. The number of carbonyl (C=O) groups excluding carboxylic acids is 2. The Labute approximate surface area is 102 Å². The van der Waals surface area contributed by atoms with Gasteiger partial charge in [-0.3, -0.25) is 14.5 Å². The second-order valence-corrected chi connectivity index (χ2v) is 4.72. The van der Waals surface area contributed by atoms with Crippen molar-refractivity contribution >= 4 is 41.4 Å². The van der Waals surface area contributed by atoms with Crippen LogP contribution in [0.4, 0.5) is 5.69 Å². The molecular formula is C10H9ClN2O2S. The van der Waals surface area contributed by atoms with Crippen molar-refractivity contribution in [2.24, 2.45) is 0 Å². The van der Waals surface area contributed by atoms with Gasteiger partial charge in [-0.05, 0) is 24.3 Å². The topological polar surface area (TPSA) is 49.4 Å². The van der Waals surface area contributed by atoms with Gasteiger partial charge in [0.1, 0.15) is 0 Å². The number of thioether (sulfide) groups is 1. The molecule has 84 valence electrons. The maximum absolute atomic E-state index is 11.1. The summed E-state index contributed by atoms with van der Waals surface area (Å²) in [5, 5.41) is 3.31. The lowest BCUT2D eigenvalue weighted by Gasteiger charge is -2.23. The van der Waals surface area contributed by atoms with Crippen LogP contribution in [0.15, 0.2) is 24.3 Å². The molecule has 1 aliphatic rings. The molecule has 0 spiro atoms. The van der Waals surface area contributed by atoms with Crippen molar-refractivity contribution in [1.82, 2.24) is 5.32 Å². The van der Waals surface area contributed by atoms with Crippen LogP contribution in [0.2, 0.25) is 5.02 Å². The van der Waals surface area contributed by atoms with Crippen molar-refractivity contribution in [1.29, 1.82) is 0 Å². The van der Waals surface area contributed by atoms with Crippen LogP contribution in [0, 0.1) is 0 Å². The number of anilines is 1. The maximum atomic E-state index is 11.1. The predicted octanol–water partition coefficient (Wildman–Crippen LogP) is 1.45. The first-order valence-corrected chi connectivity index (χ1v) is 6.03. The fourth-order valence-corrected chi connectivity index (χ4v) is 2.46. The SMILES string of the molecule is O=CN(c1ccc(Cl)cc1)C1NC(=O)CS1. The van der Waals surface area contributed by atoms with Crippen LogP contribution in [0.3, 0.4) is 0 Å². The third-order valence-corrected chi connectivity index (χ3v) is 3.49. The highest BCUT2D eigenvalue weighted by Gasteiger charge is 2.27. The van der Waals surface area contributed by atoms with Gasteiger partial charge in [-0.15, -0.1) is 11.8 Å². The van der Waals surface area contributed by atoms with Gasteiger partial charge >= 0.3 is 0 Å². The molecule has 1 atom stereocenters. The third kappa shape index (κ3) is 2.31. The van der Waals surface area contributed by atoms with Crippen LogP contribution in [0.1, 0.15) is 0 Å². The molecule has 1 saturated heterocycles. The summed E-state index contributed by atoms with van der Waals surface area (Å²) in [5.74, 6) is 0.318. The van der Waals surface area contributed by atoms with Gasteiger partial charge in [-0.25, -0.2) is 0 Å². The highest BCUT2D eigenvalue weighted by Crippen LogP contribution is 2.25. The molecule has 1 N–H and O–H groups in total. The minimum absolute atomic E-state index is 0.0594. The molecule has 1 aromatic rings. The van der Waals surface area contributed by atoms with Crippen molar-refractivity contribution in [2.45, 2.75) is 5.50 Å². The summed E-state index contributed by atoms with van der Waals surface area (Å²) in [5.41, 5.74) is 0.380. The monoisotopic (exact) mass is 256 g/mol. The largest absolute Gasteiger partial charge is 0.326 e. The van der Waals surface area contributed by atoms with E-state index in [-0.39, 0.29) is 11.4 Å². The number of nitrogens with one attached hydrogen (secondary N) is 1. The first-order chi connectivity index (χ1) is 7.70. The van der Waals surface area contributed by atoms with E-state index < -0.39 is 0 Å². The molecular weight excluding hydrogens is 248 g/mol. The van der Waals surface area contributed by atoms with E-state index in [1.54, 1.807) is 24.3 Å². The number of carbonyl (C=O) groups is 2. The zero-order valence-electron chi connectivity index (χ0n) is 8.22. The number of benzene rings is 1. The minimum atomic E-state index is -0.328. The quantitative estimate of drug-likeness (QED) is 0.833. The van der Waals surface area contributed by atoms with Gasteiger partial charge in [0, 0.05) is 10.7 Å². The third-order valence-electron chi connectivity index (χ3n) is 2.15. The molecule has 2 amide bonds. The zero-order chi connectivity index (χ0) is 11.5. The summed E-state index contributed by atoms with van der Waals surface area (Å²) in [6.07, 6.45) is 0.701. The fraction of sp³-hybridized carbons (Fsp3) is 0.200. The van der Waals surface area contributed by atoms with E-state index in [1.165, 1.54) is 16.7 Å². The Balaban J connectivity index is 2.19. The molecule has 0 bridgehead atoms. The minimum Gasteiger partial charge on any atom is -0.326 e. The molecule has 4 nitrogen and oxygen atoms in total. The fourth-order valence-electron chi connectivity index (χ4n) is 1.39. The van der Waals surface area contributed by atoms with Crippen molar-refractivity contribution in [3.05, 3.63) is 29.3 Å². The van der Waals surface area contributed by atoms with Crippen molar-refractivity contribution in [3.63, 3.8) is 0 Å². The van der Waals surface area contributed by atoms with Gasteiger partial charge in [0.15, 0.2) is 5.50 Å². The van der Waals surface area contributed by atoms with Gasteiger partial charge in [-0.2, -0.15) is 0 Å². The standard InChI is InChI=1S/C10H9ClN2O2S/c11-7-1-3-8(4-2-7)13(6-14)10-12-9(15)5-16-10/h1-4,6,10H,5H2,(H,12,15). The normalized spacial score (nSPS) is 19.3. The van der Waals surface area contributed by atoms with Crippen LogP contribution in [-0.2, 0) is 9.59 Å². The summed E-state index contributed by atoms with van der Waals surface area (Å²) in [4.78, 5) is 23.5. The van der Waals surface area contributed by atoms with E-state index in [9.17, 15) is 9.59 Å². The summed E-state index contributed by atoms with van der Waals surface area (Å²) in [6.45, 7) is 0. The van der Waals surface area contributed by atoms with Crippen LogP contribution >= 0.6 is 23.4 Å². The average molecular weight is 257 g/mol. The molecule has 0 aliphatic carbocycles. The lowest BCUT2D eigenvalue weighted by atomic mass is 10.3. The van der Waals surface area contributed by atoms with Crippen LogP contribution in [-0.4, -0.2) is 23.6 Å². The molecule has 1 unspecified atom stereocenters. The molecule has 2 rings (SSSR count). The second kappa shape index (κ2) is 4.76. The molecule has 1 aromatic carbocycles. The van der Waals surface area contributed by atoms with Crippen LogP contribution < -0.4 is 10.2 Å². The molecule has 1 fully saturated rings. The Bertz CT molecular complexity index is 410. The smallest absolute Gasteiger partial charge is 0.232 e. The molecule has 1 aliphatic heterocycles.